The molecular formula is C11H16N2O2. The Bertz CT molecular complexity index is 362. The molecule has 0 saturated carbocycles. The molecule has 0 atom stereocenters. The number of hydrogen-bond donors (Lipinski definition) is 2. The molecule has 4 nitrogen and oxygen atoms in total. The van der Waals surface area contributed by atoms with Crippen molar-refractivity contribution in [1.82, 2.24) is 0 Å². The third kappa shape index (κ3) is 3.16. The van der Waals surface area contributed by atoms with E-state index in [1.54, 1.807) is 18.2 Å². The minimum Gasteiger partial charge on any atom is -0.462 e. The second kappa shape index (κ2) is 4.68. The van der Waals surface area contributed by atoms with E-state index in [9.17, 15) is 4.79 Å². The quantitative estimate of drug-likeness (QED) is 0.585. The molecule has 1 aromatic rings. The molecular weight excluding hydrogens is 192 g/mol. The molecule has 0 aliphatic heterocycles. The summed E-state index contributed by atoms with van der Waals surface area (Å²) < 4.78 is 5.05. The third-order valence-corrected chi connectivity index (χ3v) is 1.84. The van der Waals surface area contributed by atoms with Crippen LogP contribution < -0.4 is 11.5 Å². The lowest BCUT2D eigenvalue weighted by molar-refractivity contribution is 0.0460. The van der Waals surface area contributed by atoms with Crippen LogP contribution in [0.4, 0.5) is 11.4 Å². The van der Waals surface area contributed by atoms with Crippen LogP contribution in [0.15, 0.2) is 18.2 Å². The fraction of sp³-hybridized carbons (Fsp3) is 0.364. The van der Waals surface area contributed by atoms with Gasteiger partial charge in [-0.3, -0.25) is 0 Å². The van der Waals surface area contributed by atoms with Crippen molar-refractivity contribution in [2.45, 2.75) is 13.8 Å². The summed E-state index contributed by atoms with van der Waals surface area (Å²) in [6.07, 6.45) is 0. The van der Waals surface area contributed by atoms with Gasteiger partial charge >= 0.3 is 5.97 Å². The molecule has 0 bridgehead atoms. The molecule has 0 unspecified atom stereocenters. The van der Waals surface area contributed by atoms with Crippen molar-refractivity contribution in [2.24, 2.45) is 5.92 Å². The molecule has 0 aliphatic rings. The maximum absolute atomic E-state index is 11.5. The van der Waals surface area contributed by atoms with E-state index in [4.69, 9.17) is 16.2 Å². The number of rotatable bonds is 3. The normalized spacial score (nSPS) is 10.3. The summed E-state index contributed by atoms with van der Waals surface area (Å²) in [5.41, 5.74) is 12.4. The van der Waals surface area contributed by atoms with E-state index in [0.29, 0.717) is 29.5 Å². The molecule has 15 heavy (non-hydrogen) atoms. The van der Waals surface area contributed by atoms with Gasteiger partial charge in [-0.2, -0.15) is 0 Å². The predicted octanol–water partition coefficient (Wildman–Crippen LogP) is 1.66. The van der Waals surface area contributed by atoms with Gasteiger partial charge in [-0.1, -0.05) is 13.8 Å². The molecule has 0 aromatic heterocycles. The molecule has 0 radical (unpaired) electrons. The Kier molecular flexibility index (Phi) is 3.55. The Morgan fingerprint density at radius 1 is 1.40 bits per heavy atom. The summed E-state index contributed by atoms with van der Waals surface area (Å²) in [4.78, 5) is 11.5. The van der Waals surface area contributed by atoms with E-state index in [1.165, 1.54) is 0 Å². The lowest BCUT2D eigenvalue weighted by atomic mass is 10.1. The molecule has 0 saturated heterocycles. The van der Waals surface area contributed by atoms with Gasteiger partial charge in [-0.15, -0.1) is 0 Å². The number of ether oxygens (including phenoxy) is 1. The summed E-state index contributed by atoms with van der Waals surface area (Å²) >= 11 is 0. The van der Waals surface area contributed by atoms with Gasteiger partial charge in [-0.25, -0.2) is 4.79 Å². The summed E-state index contributed by atoms with van der Waals surface area (Å²) in [6.45, 7) is 4.34. The van der Waals surface area contributed by atoms with Gasteiger partial charge in [0.1, 0.15) is 0 Å². The van der Waals surface area contributed by atoms with Crippen LogP contribution in [-0.2, 0) is 4.74 Å². The molecule has 4 N–H and O–H groups in total. The highest BCUT2D eigenvalue weighted by atomic mass is 16.5. The monoisotopic (exact) mass is 208 g/mol. The smallest absolute Gasteiger partial charge is 0.340 e. The predicted molar refractivity (Wildman–Crippen MR) is 60.4 cm³/mol. The zero-order chi connectivity index (χ0) is 11.4. The minimum absolute atomic E-state index is 0.309. The molecule has 0 amide bonds. The van der Waals surface area contributed by atoms with Crippen molar-refractivity contribution >= 4 is 17.3 Å². The number of hydrogen-bond acceptors (Lipinski definition) is 4. The molecule has 1 rings (SSSR count). The fourth-order valence-corrected chi connectivity index (χ4v) is 1.09. The zero-order valence-corrected chi connectivity index (χ0v) is 8.99. The highest BCUT2D eigenvalue weighted by Gasteiger charge is 2.11. The van der Waals surface area contributed by atoms with E-state index < -0.39 is 5.97 Å². The SMILES string of the molecule is CC(C)COC(=O)c1ccc(N)cc1N. The highest BCUT2D eigenvalue weighted by Crippen LogP contribution is 2.16. The van der Waals surface area contributed by atoms with E-state index in [2.05, 4.69) is 0 Å². The van der Waals surface area contributed by atoms with Gasteiger partial charge in [0, 0.05) is 11.4 Å². The second-order valence-corrected chi connectivity index (χ2v) is 3.84. The van der Waals surface area contributed by atoms with Crippen LogP contribution in [-0.4, -0.2) is 12.6 Å². The van der Waals surface area contributed by atoms with Crippen molar-refractivity contribution in [3.63, 3.8) is 0 Å². The van der Waals surface area contributed by atoms with Crippen molar-refractivity contribution in [2.75, 3.05) is 18.1 Å². The van der Waals surface area contributed by atoms with Crippen LogP contribution in [0.25, 0.3) is 0 Å². The maximum Gasteiger partial charge on any atom is 0.340 e. The zero-order valence-electron chi connectivity index (χ0n) is 8.99. The molecule has 0 heterocycles. The van der Waals surface area contributed by atoms with E-state index >= 15 is 0 Å². The summed E-state index contributed by atoms with van der Waals surface area (Å²) in [5.74, 6) is -0.0924. The number of anilines is 2. The number of nitrogens with two attached hydrogens (primary N) is 2. The van der Waals surface area contributed by atoms with Gasteiger partial charge in [0.05, 0.1) is 12.2 Å². The van der Waals surface area contributed by atoms with Crippen LogP contribution in [0, 0.1) is 5.92 Å². The van der Waals surface area contributed by atoms with Gasteiger partial charge < -0.3 is 16.2 Å². The Morgan fingerprint density at radius 2 is 2.07 bits per heavy atom. The minimum atomic E-state index is -0.402. The molecule has 0 aliphatic carbocycles. The van der Waals surface area contributed by atoms with Crippen LogP contribution in [0.1, 0.15) is 24.2 Å². The molecule has 0 spiro atoms. The van der Waals surface area contributed by atoms with Gasteiger partial charge in [-0.05, 0) is 24.1 Å². The van der Waals surface area contributed by atoms with Gasteiger partial charge in [0.2, 0.25) is 0 Å². The summed E-state index contributed by atoms with van der Waals surface area (Å²) in [5, 5.41) is 0. The topological polar surface area (TPSA) is 78.3 Å². The Labute approximate surface area is 89.2 Å². The first-order chi connectivity index (χ1) is 7.00. The summed E-state index contributed by atoms with van der Waals surface area (Å²) in [6, 6.07) is 4.75. The first-order valence-electron chi connectivity index (χ1n) is 4.83. The molecule has 4 heteroatoms. The molecule has 0 fully saturated rings. The van der Waals surface area contributed by atoms with Crippen molar-refractivity contribution in [3.8, 4) is 0 Å². The number of nitrogen functional groups attached to an aromatic ring is 2. The van der Waals surface area contributed by atoms with Gasteiger partial charge in [0.25, 0.3) is 0 Å². The van der Waals surface area contributed by atoms with E-state index in [-0.39, 0.29) is 0 Å². The number of esters is 1. The maximum atomic E-state index is 11.5. The first-order valence-corrected chi connectivity index (χ1v) is 4.83. The molecule has 82 valence electrons. The second-order valence-electron chi connectivity index (χ2n) is 3.84. The fourth-order valence-electron chi connectivity index (χ4n) is 1.09. The largest absolute Gasteiger partial charge is 0.462 e. The van der Waals surface area contributed by atoms with Crippen LogP contribution in [0.2, 0.25) is 0 Å². The first kappa shape index (κ1) is 11.4. The number of carbonyl (C=O) groups excluding carboxylic acids is 1. The average molecular weight is 208 g/mol. The Balaban J connectivity index is 2.74. The summed E-state index contributed by atoms with van der Waals surface area (Å²) in [7, 11) is 0. The number of carbonyl (C=O) groups is 1. The Morgan fingerprint density at radius 3 is 2.60 bits per heavy atom. The average Bonchev–Trinajstić information content (AvgIpc) is 2.14. The number of benzene rings is 1. The van der Waals surface area contributed by atoms with Crippen molar-refractivity contribution < 1.29 is 9.53 Å². The lowest BCUT2D eigenvalue weighted by Crippen LogP contribution is -2.12. The van der Waals surface area contributed by atoms with Crippen LogP contribution >= 0.6 is 0 Å². The van der Waals surface area contributed by atoms with Gasteiger partial charge in [0.15, 0.2) is 0 Å². The molecule has 1 aromatic carbocycles. The third-order valence-electron chi connectivity index (χ3n) is 1.84. The van der Waals surface area contributed by atoms with Crippen LogP contribution in [0.5, 0.6) is 0 Å². The van der Waals surface area contributed by atoms with Crippen molar-refractivity contribution in [1.29, 1.82) is 0 Å². The Hall–Kier alpha value is -1.71. The van der Waals surface area contributed by atoms with Crippen LogP contribution in [0.3, 0.4) is 0 Å². The lowest BCUT2D eigenvalue weighted by Gasteiger charge is -2.09. The van der Waals surface area contributed by atoms with Crippen molar-refractivity contribution in [3.05, 3.63) is 23.8 Å². The van der Waals surface area contributed by atoms with E-state index in [0.717, 1.165) is 0 Å². The standard InChI is InChI=1S/C11H16N2O2/c1-7(2)6-15-11(14)9-4-3-8(12)5-10(9)13/h3-5,7H,6,12-13H2,1-2H3. The van der Waals surface area contributed by atoms with E-state index in [1.807, 2.05) is 13.8 Å². The highest BCUT2D eigenvalue weighted by molar-refractivity contribution is 5.95.